The minimum Gasteiger partial charge on any atom is -0.493 e. The maximum atomic E-state index is 5.77. The number of benzene rings is 1. The SMILES string of the molecule is CNCc1ccc(-c2ccc3c(c2)CCO3)o1. The fourth-order valence-electron chi connectivity index (χ4n) is 2.14. The fraction of sp³-hybridized carbons (Fsp3) is 0.286. The molecular weight excluding hydrogens is 214 g/mol. The third kappa shape index (κ3) is 1.94. The van der Waals surface area contributed by atoms with E-state index < -0.39 is 0 Å². The Morgan fingerprint density at radius 1 is 1.24 bits per heavy atom. The topological polar surface area (TPSA) is 34.4 Å². The van der Waals surface area contributed by atoms with E-state index >= 15 is 0 Å². The Labute approximate surface area is 100 Å². The highest BCUT2D eigenvalue weighted by Gasteiger charge is 2.13. The molecule has 1 N–H and O–H groups in total. The van der Waals surface area contributed by atoms with Crippen molar-refractivity contribution in [1.29, 1.82) is 0 Å². The lowest BCUT2D eigenvalue weighted by Crippen LogP contribution is -2.03. The Balaban J connectivity index is 1.92. The van der Waals surface area contributed by atoms with Gasteiger partial charge in [-0.3, -0.25) is 0 Å². The van der Waals surface area contributed by atoms with Crippen molar-refractivity contribution in [2.75, 3.05) is 13.7 Å². The van der Waals surface area contributed by atoms with Gasteiger partial charge < -0.3 is 14.5 Å². The highest BCUT2D eigenvalue weighted by molar-refractivity contribution is 5.61. The van der Waals surface area contributed by atoms with Crippen molar-refractivity contribution in [1.82, 2.24) is 5.32 Å². The summed E-state index contributed by atoms with van der Waals surface area (Å²) in [5.74, 6) is 2.89. The van der Waals surface area contributed by atoms with E-state index in [0.29, 0.717) is 0 Å². The number of fused-ring (bicyclic) bond motifs is 1. The summed E-state index contributed by atoms with van der Waals surface area (Å²) in [4.78, 5) is 0. The molecule has 0 saturated heterocycles. The molecule has 3 rings (SSSR count). The molecule has 1 aliphatic heterocycles. The zero-order valence-corrected chi connectivity index (χ0v) is 9.82. The number of hydrogen-bond acceptors (Lipinski definition) is 3. The first-order valence-corrected chi connectivity index (χ1v) is 5.86. The van der Waals surface area contributed by atoms with Crippen molar-refractivity contribution in [2.45, 2.75) is 13.0 Å². The summed E-state index contributed by atoms with van der Waals surface area (Å²) in [5.41, 5.74) is 2.39. The largest absolute Gasteiger partial charge is 0.493 e. The van der Waals surface area contributed by atoms with Crippen molar-refractivity contribution in [3.05, 3.63) is 41.7 Å². The molecule has 0 bridgehead atoms. The van der Waals surface area contributed by atoms with Gasteiger partial charge in [-0.2, -0.15) is 0 Å². The van der Waals surface area contributed by atoms with Crippen molar-refractivity contribution in [2.24, 2.45) is 0 Å². The first-order valence-electron chi connectivity index (χ1n) is 5.86. The van der Waals surface area contributed by atoms with Gasteiger partial charge in [0.2, 0.25) is 0 Å². The summed E-state index contributed by atoms with van der Waals surface area (Å²) < 4.78 is 11.3. The lowest BCUT2D eigenvalue weighted by Gasteiger charge is -2.01. The quantitative estimate of drug-likeness (QED) is 0.878. The second-order valence-electron chi connectivity index (χ2n) is 4.22. The molecule has 0 unspecified atom stereocenters. The molecular formula is C14H15NO2. The van der Waals surface area contributed by atoms with Crippen LogP contribution in [0, 0.1) is 0 Å². The van der Waals surface area contributed by atoms with E-state index in [1.807, 2.05) is 31.3 Å². The number of ether oxygens (including phenoxy) is 1. The smallest absolute Gasteiger partial charge is 0.134 e. The highest BCUT2D eigenvalue weighted by Crippen LogP contribution is 2.31. The minimum atomic E-state index is 0.758. The molecule has 0 atom stereocenters. The number of furan rings is 1. The molecule has 1 aromatic heterocycles. The number of hydrogen-bond donors (Lipinski definition) is 1. The van der Waals surface area contributed by atoms with Crippen LogP contribution in [-0.2, 0) is 13.0 Å². The van der Waals surface area contributed by atoms with E-state index in [0.717, 1.165) is 42.4 Å². The molecule has 1 aliphatic rings. The summed E-state index contributed by atoms with van der Waals surface area (Å²) in [5, 5.41) is 3.08. The molecule has 2 aromatic rings. The molecule has 17 heavy (non-hydrogen) atoms. The third-order valence-electron chi connectivity index (χ3n) is 2.99. The van der Waals surface area contributed by atoms with E-state index in [2.05, 4.69) is 11.4 Å². The van der Waals surface area contributed by atoms with E-state index in [1.165, 1.54) is 5.56 Å². The van der Waals surface area contributed by atoms with Gasteiger partial charge in [-0.25, -0.2) is 0 Å². The summed E-state index contributed by atoms with van der Waals surface area (Å²) in [6, 6.07) is 10.3. The first kappa shape index (κ1) is 10.4. The molecule has 3 nitrogen and oxygen atoms in total. The molecule has 0 spiro atoms. The van der Waals surface area contributed by atoms with Gasteiger partial charge in [-0.1, -0.05) is 0 Å². The summed E-state index contributed by atoms with van der Waals surface area (Å²) >= 11 is 0. The van der Waals surface area contributed by atoms with Crippen molar-refractivity contribution in [3.63, 3.8) is 0 Å². The molecule has 0 aliphatic carbocycles. The van der Waals surface area contributed by atoms with Crippen LogP contribution in [0.25, 0.3) is 11.3 Å². The van der Waals surface area contributed by atoms with Crippen molar-refractivity contribution < 1.29 is 9.15 Å². The van der Waals surface area contributed by atoms with Crippen LogP contribution in [0.3, 0.4) is 0 Å². The van der Waals surface area contributed by atoms with Gasteiger partial charge in [0.15, 0.2) is 0 Å². The van der Waals surface area contributed by atoms with Gasteiger partial charge in [0.1, 0.15) is 17.3 Å². The fourth-order valence-corrected chi connectivity index (χ4v) is 2.14. The third-order valence-corrected chi connectivity index (χ3v) is 2.99. The van der Waals surface area contributed by atoms with Gasteiger partial charge in [0, 0.05) is 12.0 Å². The normalized spacial score (nSPS) is 13.5. The minimum absolute atomic E-state index is 0.758. The lowest BCUT2D eigenvalue weighted by molar-refractivity contribution is 0.357. The van der Waals surface area contributed by atoms with Gasteiger partial charge in [0.25, 0.3) is 0 Å². The summed E-state index contributed by atoms with van der Waals surface area (Å²) in [6.07, 6.45) is 0.993. The number of nitrogens with one attached hydrogen (secondary N) is 1. The predicted molar refractivity (Wildman–Crippen MR) is 66.1 cm³/mol. The summed E-state index contributed by atoms with van der Waals surface area (Å²) in [7, 11) is 1.91. The molecule has 3 heteroatoms. The molecule has 0 amide bonds. The van der Waals surface area contributed by atoms with Crippen molar-refractivity contribution >= 4 is 0 Å². The molecule has 1 aromatic carbocycles. The Morgan fingerprint density at radius 2 is 2.18 bits per heavy atom. The van der Waals surface area contributed by atoms with Crippen LogP contribution < -0.4 is 10.1 Å². The van der Waals surface area contributed by atoms with Crippen LogP contribution in [0.4, 0.5) is 0 Å². The Kier molecular flexibility index (Phi) is 2.61. The maximum absolute atomic E-state index is 5.77. The van der Waals surface area contributed by atoms with Crippen LogP contribution >= 0.6 is 0 Å². The second kappa shape index (κ2) is 4.26. The molecule has 0 radical (unpaired) electrons. The predicted octanol–water partition coefficient (Wildman–Crippen LogP) is 2.60. The van der Waals surface area contributed by atoms with Gasteiger partial charge in [-0.15, -0.1) is 0 Å². The molecule has 88 valence electrons. The van der Waals surface area contributed by atoms with Crippen LogP contribution in [0.15, 0.2) is 34.7 Å². The van der Waals surface area contributed by atoms with E-state index in [1.54, 1.807) is 0 Å². The van der Waals surface area contributed by atoms with Crippen molar-refractivity contribution in [3.8, 4) is 17.1 Å². The van der Waals surface area contributed by atoms with Gasteiger partial charge >= 0.3 is 0 Å². The zero-order chi connectivity index (χ0) is 11.7. The average Bonchev–Trinajstić information content (AvgIpc) is 2.96. The van der Waals surface area contributed by atoms with Crippen LogP contribution in [-0.4, -0.2) is 13.7 Å². The summed E-state index contributed by atoms with van der Waals surface area (Å²) in [6.45, 7) is 1.55. The van der Waals surface area contributed by atoms with Gasteiger partial charge in [0.05, 0.1) is 13.2 Å². The van der Waals surface area contributed by atoms with E-state index in [4.69, 9.17) is 9.15 Å². The second-order valence-corrected chi connectivity index (χ2v) is 4.22. The van der Waals surface area contributed by atoms with Crippen LogP contribution in [0.5, 0.6) is 5.75 Å². The standard InChI is InChI=1S/C14H15NO2/c1-15-9-12-3-5-14(17-12)10-2-4-13-11(8-10)6-7-16-13/h2-5,8,15H,6-7,9H2,1H3. The highest BCUT2D eigenvalue weighted by atomic mass is 16.5. The monoisotopic (exact) mass is 229 g/mol. The Bertz CT molecular complexity index is 531. The van der Waals surface area contributed by atoms with Crippen LogP contribution in [0.1, 0.15) is 11.3 Å². The first-order chi connectivity index (χ1) is 8.36. The average molecular weight is 229 g/mol. The molecule has 2 heterocycles. The Hall–Kier alpha value is -1.74. The van der Waals surface area contributed by atoms with Gasteiger partial charge in [-0.05, 0) is 42.9 Å². The zero-order valence-electron chi connectivity index (χ0n) is 9.82. The maximum Gasteiger partial charge on any atom is 0.134 e. The van der Waals surface area contributed by atoms with Crippen LogP contribution in [0.2, 0.25) is 0 Å². The van der Waals surface area contributed by atoms with E-state index in [-0.39, 0.29) is 0 Å². The lowest BCUT2D eigenvalue weighted by atomic mass is 10.1. The van der Waals surface area contributed by atoms with E-state index in [9.17, 15) is 0 Å². The Morgan fingerprint density at radius 3 is 3.06 bits per heavy atom. The number of rotatable bonds is 3. The molecule has 0 saturated carbocycles. The molecule has 0 fully saturated rings.